The minimum absolute atomic E-state index is 0.154. The number of esters is 1. The second-order valence-corrected chi connectivity index (χ2v) is 5.49. The number of fused-ring (bicyclic) bond motifs is 1. The van der Waals surface area contributed by atoms with Crippen LogP contribution in [-0.2, 0) is 4.74 Å². The number of unbranched alkanes of at least 4 members (excludes halogenated alkanes) is 4. The lowest BCUT2D eigenvalue weighted by Gasteiger charge is -2.02. The molecule has 0 aliphatic heterocycles. The largest absolute Gasteiger partial charge is 0.460 e. The molecular formula is C18H22O4. The predicted octanol–water partition coefficient (Wildman–Crippen LogP) is 4.68. The van der Waals surface area contributed by atoms with E-state index in [1.165, 1.54) is 19.3 Å². The van der Waals surface area contributed by atoms with E-state index >= 15 is 0 Å². The van der Waals surface area contributed by atoms with Crippen LogP contribution in [-0.4, -0.2) is 18.9 Å². The summed E-state index contributed by atoms with van der Waals surface area (Å²) in [5.74, 6) is -0.316. The molecule has 118 valence electrons. The van der Waals surface area contributed by atoms with E-state index < -0.39 is 5.97 Å². The number of benzene rings is 1. The Bertz CT molecular complexity index is 654. The first-order valence-corrected chi connectivity index (χ1v) is 7.82. The Morgan fingerprint density at radius 2 is 2.00 bits per heavy atom. The minimum Gasteiger partial charge on any atom is -0.460 e. The zero-order valence-corrected chi connectivity index (χ0v) is 13.2. The molecule has 1 aromatic carbocycles. The molecular weight excluding hydrogens is 280 g/mol. The van der Waals surface area contributed by atoms with Crippen molar-refractivity contribution in [3.8, 4) is 0 Å². The van der Waals surface area contributed by atoms with E-state index in [9.17, 15) is 9.59 Å². The topological polar surface area (TPSA) is 56.5 Å². The summed E-state index contributed by atoms with van der Waals surface area (Å²) in [6.45, 7) is 4.44. The summed E-state index contributed by atoms with van der Waals surface area (Å²) in [5, 5.41) is 0.657. The van der Waals surface area contributed by atoms with Crippen LogP contribution in [0.1, 0.15) is 65.5 Å². The Kier molecular flexibility index (Phi) is 5.75. The smallest absolute Gasteiger partial charge is 0.374 e. The molecule has 0 spiro atoms. The van der Waals surface area contributed by atoms with Crippen molar-refractivity contribution in [1.82, 2.24) is 0 Å². The molecule has 1 aromatic heterocycles. The van der Waals surface area contributed by atoms with E-state index in [0.29, 0.717) is 23.1 Å². The third-order valence-corrected chi connectivity index (χ3v) is 3.72. The molecule has 4 heteroatoms. The second-order valence-electron chi connectivity index (χ2n) is 5.49. The first-order chi connectivity index (χ1) is 10.7. The van der Waals surface area contributed by atoms with Gasteiger partial charge in [0.25, 0.3) is 0 Å². The van der Waals surface area contributed by atoms with E-state index in [-0.39, 0.29) is 5.76 Å². The number of rotatable bonds is 8. The molecule has 22 heavy (non-hydrogen) atoms. The van der Waals surface area contributed by atoms with Gasteiger partial charge in [0.05, 0.1) is 6.61 Å². The van der Waals surface area contributed by atoms with Crippen LogP contribution in [0.25, 0.3) is 11.0 Å². The van der Waals surface area contributed by atoms with Crippen LogP contribution in [0.5, 0.6) is 0 Å². The van der Waals surface area contributed by atoms with Crippen LogP contribution >= 0.6 is 0 Å². The maximum Gasteiger partial charge on any atom is 0.374 e. The van der Waals surface area contributed by atoms with Gasteiger partial charge >= 0.3 is 5.97 Å². The van der Waals surface area contributed by atoms with Crippen LogP contribution < -0.4 is 0 Å². The molecule has 1 heterocycles. The summed E-state index contributed by atoms with van der Waals surface area (Å²) in [4.78, 5) is 23.1. The van der Waals surface area contributed by atoms with Gasteiger partial charge in [-0.2, -0.15) is 0 Å². The monoisotopic (exact) mass is 302 g/mol. The van der Waals surface area contributed by atoms with Crippen LogP contribution in [0.4, 0.5) is 0 Å². The Balaban J connectivity index is 2.00. The van der Waals surface area contributed by atoms with E-state index in [1.54, 1.807) is 18.2 Å². The highest BCUT2D eigenvalue weighted by Gasteiger charge is 2.16. The minimum atomic E-state index is -0.469. The standard InChI is InChI=1S/C18H22O4/c1-3-4-5-6-7-10-21-18(20)16-11-15-14(12-19)9-8-13(2)17(15)22-16/h8-9,11-12H,3-7,10H2,1-2H3. The Hall–Kier alpha value is -2.10. The second kappa shape index (κ2) is 7.78. The highest BCUT2D eigenvalue weighted by atomic mass is 16.5. The van der Waals surface area contributed by atoms with E-state index in [1.807, 2.05) is 6.92 Å². The molecule has 0 aliphatic rings. The Labute approximate surface area is 130 Å². The van der Waals surface area contributed by atoms with Gasteiger partial charge < -0.3 is 9.15 Å². The molecule has 2 aromatic rings. The van der Waals surface area contributed by atoms with Crippen LogP contribution in [0.15, 0.2) is 22.6 Å². The molecule has 0 aliphatic carbocycles. The third kappa shape index (κ3) is 3.75. The highest BCUT2D eigenvalue weighted by molar-refractivity contribution is 6.01. The van der Waals surface area contributed by atoms with Gasteiger partial charge in [-0.05, 0) is 18.9 Å². The SMILES string of the molecule is CCCCCCCOC(=O)c1cc2c(C=O)ccc(C)c2o1. The number of ether oxygens (including phenoxy) is 1. The molecule has 0 amide bonds. The lowest BCUT2D eigenvalue weighted by Crippen LogP contribution is -2.05. The first kappa shape index (κ1) is 16.3. The Morgan fingerprint density at radius 3 is 2.73 bits per heavy atom. The summed E-state index contributed by atoms with van der Waals surface area (Å²) >= 11 is 0. The molecule has 0 saturated heterocycles. The molecule has 0 atom stereocenters. The first-order valence-electron chi connectivity index (χ1n) is 7.82. The molecule has 0 N–H and O–H groups in total. The average molecular weight is 302 g/mol. The van der Waals surface area contributed by atoms with Crippen molar-refractivity contribution >= 4 is 23.2 Å². The van der Waals surface area contributed by atoms with Crippen molar-refractivity contribution < 1.29 is 18.7 Å². The molecule has 0 saturated carbocycles. The fourth-order valence-electron chi connectivity index (χ4n) is 2.42. The normalized spacial score (nSPS) is 10.8. The van der Waals surface area contributed by atoms with Gasteiger partial charge in [-0.25, -0.2) is 4.79 Å². The lowest BCUT2D eigenvalue weighted by molar-refractivity contribution is 0.0464. The third-order valence-electron chi connectivity index (χ3n) is 3.72. The van der Waals surface area contributed by atoms with E-state index in [4.69, 9.17) is 9.15 Å². The molecule has 2 rings (SSSR count). The zero-order valence-electron chi connectivity index (χ0n) is 13.2. The van der Waals surface area contributed by atoms with Gasteiger partial charge in [-0.15, -0.1) is 0 Å². The average Bonchev–Trinajstić information content (AvgIpc) is 2.97. The molecule has 0 fully saturated rings. The fourth-order valence-corrected chi connectivity index (χ4v) is 2.42. The summed E-state index contributed by atoms with van der Waals surface area (Å²) in [6.07, 6.45) is 6.27. The molecule has 4 nitrogen and oxygen atoms in total. The fraction of sp³-hybridized carbons (Fsp3) is 0.444. The number of carbonyl (C=O) groups excluding carboxylic acids is 2. The zero-order chi connectivity index (χ0) is 15.9. The number of furan rings is 1. The number of hydrogen-bond acceptors (Lipinski definition) is 4. The number of hydrogen-bond donors (Lipinski definition) is 0. The number of aryl methyl sites for hydroxylation is 1. The van der Waals surface area contributed by atoms with E-state index in [0.717, 1.165) is 24.7 Å². The van der Waals surface area contributed by atoms with E-state index in [2.05, 4.69) is 6.92 Å². The van der Waals surface area contributed by atoms with Crippen molar-refractivity contribution in [3.63, 3.8) is 0 Å². The van der Waals surface area contributed by atoms with Crippen LogP contribution in [0.2, 0.25) is 0 Å². The van der Waals surface area contributed by atoms with Gasteiger partial charge in [0.1, 0.15) is 5.58 Å². The number of carbonyl (C=O) groups is 2. The van der Waals surface area contributed by atoms with Crippen LogP contribution in [0.3, 0.4) is 0 Å². The van der Waals surface area contributed by atoms with Crippen molar-refractivity contribution in [3.05, 3.63) is 35.1 Å². The highest BCUT2D eigenvalue weighted by Crippen LogP contribution is 2.26. The van der Waals surface area contributed by atoms with Crippen molar-refractivity contribution in [2.75, 3.05) is 6.61 Å². The summed E-state index contributed by atoms with van der Waals surface area (Å²) in [7, 11) is 0. The van der Waals surface area contributed by atoms with Gasteiger partial charge in [-0.3, -0.25) is 4.79 Å². The molecule has 0 bridgehead atoms. The van der Waals surface area contributed by atoms with Crippen molar-refractivity contribution in [1.29, 1.82) is 0 Å². The van der Waals surface area contributed by atoms with Crippen LogP contribution in [0, 0.1) is 6.92 Å². The van der Waals surface area contributed by atoms with Crippen molar-refractivity contribution in [2.24, 2.45) is 0 Å². The summed E-state index contributed by atoms with van der Waals surface area (Å²) in [6, 6.07) is 5.12. The Morgan fingerprint density at radius 1 is 1.23 bits per heavy atom. The summed E-state index contributed by atoms with van der Waals surface area (Å²) < 4.78 is 10.8. The van der Waals surface area contributed by atoms with Gasteiger partial charge in [0.2, 0.25) is 5.76 Å². The lowest BCUT2D eigenvalue weighted by atomic mass is 10.1. The van der Waals surface area contributed by atoms with Gasteiger partial charge in [-0.1, -0.05) is 44.7 Å². The van der Waals surface area contributed by atoms with Gasteiger partial charge in [0.15, 0.2) is 6.29 Å². The van der Waals surface area contributed by atoms with Crippen molar-refractivity contribution in [2.45, 2.75) is 46.0 Å². The quantitative estimate of drug-likeness (QED) is 0.403. The summed E-state index contributed by atoms with van der Waals surface area (Å²) in [5.41, 5.74) is 1.97. The molecule has 0 unspecified atom stereocenters. The number of aldehydes is 1. The predicted molar refractivity (Wildman–Crippen MR) is 85.4 cm³/mol. The van der Waals surface area contributed by atoms with Gasteiger partial charge in [0, 0.05) is 17.0 Å². The molecule has 0 radical (unpaired) electrons. The maximum atomic E-state index is 12.0. The maximum absolute atomic E-state index is 12.0.